The van der Waals surface area contributed by atoms with Crippen LogP contribution in [0.1, 0.15) is 13.8 Å². The van der Waals surface area contributed by atoms with Gasteiger partial charge in [-0.25, -0.2) is 0 Å². The fourth-order valence-corrected chi connectivity index (χ4v) is 1.70. The largest absolute Gasteiger partial charge is 0.497 e. The van der Waals surface area contributed by atoms with E-state index in [2.05, 4.69) is 24.1 Å². The first-order chi connectivity index (χ1) is 10.1. The van der Waals surface area contributed by atoms with E-state index >= 15 is 0 Å². The van der Waals surface area contributed by atoms with Gasteiger partial charge in [-0.1, -0.05) is 13.8 Å². The van der Waals surface area contributed by atoms with Crippen molar-refractivity contribution in [3.05, 3.63) is 36.4 Å². The molecule has 21 heavy (non-hydrogen) atoms. The number of anilines is 3. The number of hydrogen-bond donors (Lipinski definition) is 2. The highest BCUT2D eigenvalue weighted by molar-refractivity contribution is 5.61. The molecule has 0 atom stereocenters. The number of ether oxygens (including phenoxy) is 2. The molecule has 2 aromatic rings. The predicted octanol–water partition coefficient (Wildman–Crippen LogP) is 3.45. The van der Waals surface area contributed by atoms with Crippen molar-refractivity contribution in [1.29, 1.82) is 0 Å². The van der Waals surface area contributed by atoms with E-state index in [4.69, 9.17) is 15.2 Å². The summed E-state index contributed by atoms with van der Waals surface area (Å²) in [6.45, 7) is 4.74. The Kier molecular flexibility index (Phi) is 4.87. The Balaban J connectivity index is 2.10. The SMILES string of the molecule is COc1ccc(Nc2ccc(N)c(OCC(C)C)n2)cc1. The van der Waals surface area contributed by atoms with Gasteiger partial charge < -0.3 is 20.5 Å². The van der Waals surface area contributed by atoms with Crippen LogP contribution < -0.4 is 20.5 Å². The van der Waals surface area contributed by atoms with Crippen LogP contribution in [0.3, 0.4) is 0 Å². The topological polar surface area (TPSA) is 69.4 Å². The summed E-state index contributed by atoms with van der Waals surface area (Å²) in [5.41, 5.74) is 7.33. The summed E-state index contributed by atoms with van der Waals surface area (Å²) < 4.78 is 10.7. The molecule has 0 aliphatic rings. The van der Waals surface area contributed by atoms with E-state index in [0.717, 1.165) is 11.4 Å². The highest BCUT2D eigenvalue weighted by Gasteiger charge is 2.06. The second-order valence-electron chi connectivity index (χ2n) is 5.15. The van der Waals surface area contributed by atoms with Gasteiger partial charge in [0.15, 0.2) is 0 Å². The summed E-state index contributed by atoms with van der Waals surface area (Å²) in [4.78, 5) is 4.39. The van der Waals surface area contributed by atoms with E-state index < -0.39 is 0 Å². The minimum atomic E-state index is 0.421. The molecule has 1 heterocycles. The van der Waals surface area contributed by atoms with E-state index in [0.29, 0.717) is 29.9 Å². The molecular weight excluding hydrogens is 266 g/mol. The van der Waals surface area contributed by atoms with Crippen LogP contribution in [0.25, 0.3) is 0 Å². The minimum absolute atomic E-state index is 0.421. The molecule has 0 fully saturated rings. The van der Waals surface area contributed by atoms with Crippen molar-refractivity contribution in [3.8, 4) is 11.6 Å². The first-order valence-electron chi connectivity index (χ1n) is 6.89. The molecule has 0 saturated carbocycles. The molecule has 0 radical (unpaired) electrons. The van der Waals surface area contributed by atoms with Crippen molar-refractivity contribution >= 4 is 17.2 Å². The molecule has 0 spiro atoms. The molecular formula is C16H21N3O2. The smallest absolute Gasteiger partial charge is 0.239 e. The summed E-state index contributed by atoms with van der Waals surface area (Å²) in [5, 5.41) is 3.21. The Hall–Kier alpha value is -2.43. The van der Waals surface area contributed by atoms with Crippen LogP contribution in [0.4, 0.5) is 17.2 Å². The molecule has 2 rings (SSSR count). The first kappa shape index (κ1) is 15.0. The number of benzene rings is 1. The zero-order chi connectivity index (χ0) is 15.2. The van der Waals surface area contributed by atoms with E-state index in [9.17, 15) is 0 Å². The Morgan fingerprint density at radius 3 is 2.48 bits per heavy atom. The summed E-state index contributed by atoms with van der Waals surface area (Å²) in [6, 6.07) is 11.2. The summed E-state index contributed by atoms with van der Waals surface area (Å²) in [5.74, 6) is 2.38. The molecule has 0 saturated heterocycles. The number of nitrogen functional groups attached to an aromatic ring is 1. The van der Waals surface area contributed by atoms with Crippen LogP contribution in [-0.4, -0.2) is 18.7 Å². The summed E-state index contributed by atoms with van der Waals surface area (Å²) >= 11 is 0. The number of pyridine rings is 1. The average molecular weight is 287 g/mol. The number of methoxy groups -OCH3 is 1. The van der Waals surface area contributed by atoms with Gasteiger partial charge in [-0.05, 0) is 42.3 Å². The second-order valence-corrected chi connectivity index (χ2v) is 5.15. The highest BCUT2D eigenvalue weighted by atomic mass is 16.5. The van der Waals surface area contributed by atoms with Crippen LogP contribution in [0, 0.1) is 5.92 Å². The molecule has 1 aromatic heterocycles. The van der Waals surface area contributed by atoms with Crippen molar-refractivity contribution in [1.82, 2.24) is 4.98 Å². The number of nitrogens with one attached hydrogen (secondary N) is 1. The molecule has 112 valence electrons. The maximum Gasteiger partial charge on any atom is 0.239 e. The van der Waals surface area contributed by atoms with Crippen LogP contribution in [0.2, 0.25) is 0 Å². The lowest BCUT2D eigenvalue weighted by molar-refractivity contribution is 0.263. The maximum atomic E-state index is 5.88. The molecule has 0 aliphatic heterocycles. The van der Waals surface area contributed by atoms with E-state index in [1.165, 1.54) is 0 Å². The summed E-state index contributed by atoms with van der Waals surface area (Å²) in [7, 11) is 1.64. The molecule has 0 aliphatic carbocycles. The van der Waals surface area contributed by atoms with Gasteiger partial charge in [0.05, 0.1) is 19.4 Å². The number of rotatable bonds is 6. The lowest BCUT2D eigenvalue weighted by Crippen LogP contribution is -2.08. The number of nitrogens with two attached hydrogens (primary N) is 1. The van der Waals surface area contributed by atoms with Crippen molar-refractivity contribution in [3.63, 3.8) is 0 Å². The fourth-order valence-electron chi connectivity index (χ4n) is 1.70. The monoisotopic (exact) mass is 287 g/mol. The normalized spacial score (nSPS) is 10.5. The number of hydrogen-bond acceptors (Lipinski definition) is 5. The first-order valence-corrected chi connectivity index (χ1v) is 6.89. The van der Waals surface area contributed by atoms with Crippen LogP contribution in [-0.2, 0) is 0 Å². The van der Waals surface area contributed by atoms with E-state index in [1.54, 1.807) is 13.2 Å². The minimum Gasteiger partial charge on any atom is -0.497 e. The lowest BCUT2D eigenvalue weighted by atomic mass is 10.2. The number of aromatic nitrogens is 1. The van der Waals surface area contributed by atoms with Gasteiger partial charge in [0, 0.05) is 5.69 Å². The predicted molar refractivity (Wildman–Crippen MR) is 85.3 cm³/mol. The zero-order valence-electron chi connectivity index (χ0n) is 12.6. The third kappa shape index (κ3) is 4.27. The maximum absolute atomic E-state index is 5.88. The molecule has 0 amide bonds. The second kappa shape index (κ2) is 6.83. The number of nitrogens with zero attached hydrogens (tertiary/aromatic N) is 1. The molecule has 5 nitrogen and oxygen atoms in total. The van der Waals surface area contributed by atoms with Gasteiger partial charge in [-0.3, -0.25) is 0 Å². The van der Waals surface area contributed by atoms with Gasteiger partial charge in [0.2, 0.25) is 5.88 Å². The van der Waals surface area contributed by atoms with Crippen LogP contribution in [0.15, 0.2) is 36.4 Å². The Morgan fingerprint density at radius 2 is 1.86 bits per heavy atom. The van der Waals surface area contributed by atoms with Crippen molar-refractivity contribution < 1.29 is 9.47 Å². The quantitative estimate of drug-likeness (QED) is 0.851. The van der Waals surface area contributed by atoms with Crippen LogP contribution >= 0.6 is 0 Å². The van der Waals surface area contributed by atoms with E-state index in [-0.39, 0.29) is 0 Å². The third-order valence-electron chi connectivity index (χ3n) is 2.81. The summed E-state index contributed by atoms with van der Waals surface area (Å²) in [6.07, 6.45) is 0. The highest BCUT2D eigenvalue weighted by Crippen LogP contribution is 2.24. The third-order valence-corrected chi connectivity index (χ3v) is 2.81. The van der Waals surface area contributed by atoms with Crippen LogP contribution in [0.5, 0.6) is 11.6 Å². The standard InChI is InChI=1S/C16H21N3O2/c1-11(2)10-21-16-14(17)8-9-15(19-16)18-12-4-6-13(20-3)7-5-12/h4-9,11H,10,17H2,1-3H3,(H,18,19). The van der Waals surface area contributed by atoms with Gasteiger partial charge in [0.25, 0.3) is 0 Å². The average Bonchev–Trinajstić information content (AvgIpc) is 2.48. The van der Waals surface area contributed by atoms with E-state index in [1.807, 2.05) is 30.3 Å². The molecule has 1 aromatic carbocycles. The fraction of sp³-hybridized carbons (Fsp3) is 0.312. The molecule has 0 bridgehead atoms. The van der Waals surface area contributed by atoms with Gasteiger partial charge >= 0.3 is 0 Å². The van der Waals surface area contributed by atoms with Crippen molar-refractivity contribution in [2.24, 2.45) is 5.92 Å². The Morgan fingerprint density at radius 1 is 1.14 bits per heavy atom. The lowest BCUT2D eigenvalue weighted by Gasteiger charge is -2.12. The molecule has 3 N–H and O–H groups in total. The van der Waals surface area contributed by atoms with Crippen molar-refractivity contribution in [2.75, 3.05) is 24.8 Å². The molecule has 0 unspecified atom stereocenters. The Labute approximate surface area is 125 Å². The van der Waals surface area contributed by atoms with Gasteiger partial charge in [0.1, 0.15) is 11.6 Å². The van der Waals surface area contributed by atoms with Gasteiger partial charge in [-0.15, -0.1) is 0 Å². The van der Waals surface area contributed by atoms with Gasteiger partial charge in [-0.2, -0.15) is 4.98 Å². The Bertz CT molecular complexity index is 583. The van der Waals surface area contributed by atoms with Crippen molar-refractivity contribution in [2.45, 2.75) is 13.8 Å². The molecule has 5 heteroatoms. The zero-order valence-corrected chi connectivity index (χ0v) is 12.6.